The van der Waals surface area contributed by atoms with E-state index in [1.807, 2.05) is 6.92 Å². The minimum atomic E-state index is -1.06. The first-order valence-electron chi connectivity index (χ1n) is 12.0. The van der Waals surface area contributed by atoms with Gasteiger partial charge in [-0.25, -0.2) is 0 Å². The van der Waals surface area contributed by atoms with Crippen LogP contribution in [0.2, 0.25) is 0 Å². The van der Waals surface area contributed by atoms with Gasteiger partial charge in [-0.3, -0.25) is 34.2 Å². The monoisotopic (exact) mass is 513 g/mol. The van der Waals surface area contributed by atoms with Gasteiger partial charge in [-0.1, -0.05) is 11.2 Å². The van der Waals surface area contributed by atoms with E-state index in [9.17, 15) is 24.0 Å². The maximum Gasteiger partial charge on any atom is 0.266 e. The molecule has 1 aromatic carbocycles. The summed E-state index contributed by atoms with van der Waals surface area (Å²) in [5.41, 5.74) is 0.192. The molecule has 2 aromatic rings. The Hall–Kier alpha value is -4.13. The molecule has 1 aromatic heterocycles. The van der Waals surface area contributed by atoms with Gasteiger partial charge in [0.15, 0.2) is 5.82 Å². The molecule has 2 aliphatic rings. The summed E-state index contributed by atoms with van der Waals surface area (Å²) in [6.07, 6.45) is 0.577. The van der Waals surface area contributed by atoms with E-state index in [0.717, 1.165) is 4.90 Å². The zero-order valence-corrected chi connectivity index (χ0v) is 20.4. The molecule has 13 nitrogen and oxygen atoms in total. The molecule has 0 saturated carbocycles. The predicted octanol–water partition coefficient (Wildman–Crippen LogP) is 1.04. The molecule has 2 atom stereocenters. The van der Waals surface area contributed by atoms with Crippen molar-refractivity contribution in [1.29, 1.82) is 0 Å². The van der Waals surface area contributed by atoms with Gasteiger partial charge in [-0.2, -0.15) is 4.98 Å². The highest BCUT2D eigenvalue weighted by Gasteiger charge is 2.46. The Morgan fingerprint density at radius 2 is 2.08 bits per heavy atom. The fraction of sp³-hybridized carbons (Fsp3) is 0.458. The number of amides is 5. The summed E-state index contributed by atoms with van der Waals surface area (Å²) in [4.78, 5) is 67.0. The number of hydrogen-bond donors (Lipinski definition) is 2. The van der Waals surface area contributed by atoms with Crippen molar-refractivity contribution in [2.75, 3.05) is 13.2 Å². The third kappa shape index (κ3) is 5.66. The van der Waals surface area contributed by atoms with E-state index in [-0.39, 0.29) is 55.3 Å². The first-order valence-corrected chi connectivity index (χ1v) is 12.0. The lowest BCUT2D eigenvalue weighted by molar-refractivity contribution is -0.136. The average Bonchev–Trinajstić information content (AvgIpc) is 3.44. The summed E-state index contributed by atoms with van der Waals surface area (Å²) in [5, 5.41) is 8.79. The van der Waals surface area contributed by atoms with Gasteiger partial charge in [0, 0.05) is 19.4 Å². The molecule has 0 spiro atoms. The number of imide groups is 2. The number of hydrogen-bond acceptors (Lipinski definition) is 10. The lowest BCUT2D eigenvalue weighted by Gasteiger charge is -2.27. The van der Waals surface area contributed by atoms with Crippen molar-refractivity contribution in [3.63, 3.8) is 0 Å². The van der Waals surface area contributed by atoms with Crippen LogP contribution in [0.15, 0.2) is 22.7 Å². The van der Waals surface area contributed by atoms with Crippen molar-refractivity contribution in [2.24, 2.45) is 0 Å². The Kier molecular flexibility index (Phi) is 7.92. The molecule has 4 rings (SSSR count). The number of benzene rings is 1. The van der Waals surface area contributed by atoms with E-state index in [4.69, 9.17) is 14.0 Å². The fourth-order valence-electron chi connectivity index (χ4n) is 4.09. The van der Waals surface area contributed by atoms with Crippen molar-refractivity contribution < 1.29 is 38.0 Å². The van der Waals surface area contributed by atoms with Crippen LogP contribution in [-0.2, 0) is 25.7 Å². The molecule has 0 bridgehead atoms. The number of carbonyl (C=O) groups is 5. The van der Waals surface area contributed by atoms with Gasteiger partial charge in [-0.15, -0.1) is 0 Å². The summed E-state index contributed by atoms with van der Waals surface area (Å²) in [5.74, 6) is -1.79. The van der Waals surface area contributed by atoms with Crippen LogP contribution in [0.25, 0.3) is 0 Å². The Morgan fingerprint density at radius 3 is 2.84 bits per heavy atom. The largest absolute Gasteiger partial charge is 0.493 e. The predicted molar refractivity (Wildman–Crippen MR) is 124 cm³/mol. The van der Waals surface area contributed by atoms with Gasteiger partial charge in [0.1, 0.15) is 18.4 Å². The SMILES string of the molecule is CCOCc1nc(C(C)NC(=O)CCCOc2cccc3c2C(=O)N(C2CCC(=O)NC2=O)C3=O)no1. The van der Waals surface area contributed by atoms with Crippen molar-refractivity contribution >= 4 is 29.5 Å². The smallest absolute Gasteiger partial charge is 0.266 e. The van der Waals surface area contributed by atoms with E-state index in [1.165, 1.54) is 6.07 Å². The van der Waals surface area contributed by atoms with Crippen LogP contribution in [0.5, 0.6) is 5.75 Å². The molecule has 0 radical (unpaired) electrons. The van der Waals surface area contributed by atoms with E-state index < -0.39 is 35.7 Å². The zero-order chi connectivity index (χ0) is 26.5. The second-order valence-electron chi connectivity index (χ2n) is 8.55. The van der Waals surface area contributed by atoms with Gasteiger partial charge >= 0.3 is 0 Å². The normalized spacial score (nSPS) is 18.0. The molecule has 13 heteroatoms. The quantitative estimate of drug-likeness (QED) is 0.327. The Bertz CT molecular complexity index is 1230. The van der Waals surface area contributed by atoms with Crippen molar-refractivity contribution in [1.82, 2.24) is 25.7 Å². The maximum atomic E-state index is 13.1. The van der Waals surface area contributed by atoms with E-state index in [2.05, 4.69) is 20.8 Å². The molecule has 2 N–H and O–H groups in total. The molecule has 5 amide bonds. The molecule has 37 heavy (non-hydrogen) atoms. The van der Waals surface area contributed by atoms with Crippen LogP contribution in [0.4, 0.5) is 0 Å². The standard InChI is InChI=1S/C24H27N5O8/c1-3-35-12-19-27-21(28-37-19)13(2)25-17(30)8-5-11-36-16-7-4-6-14-20(16)24(34)29(23(14)33)15-9-10-18(31)26-22(15)32/h4,6-7,13,15H,3,5,8-12H2,1-2H3,(H,25,30)(H,26,31,32). The van der Waals surface area contributed by atoms with Crippen molar-refractivity contribution in [3.8, 4) is 5.75 Å². The topological polar surface area (TPSA) is 170 Å². The van der Waals surface area contributed by atoms with Crippen LogP contribution in [0.1, 0.15) is 78.0 Å². The van der Waals surface area contributed by atoms with Crippen LogP contribution >= 0.6 is 0 Å². The van der Waals surface area contributed by atoms with Crippen molar-refractivity contribution in [3.05, 3.63) is 41.0 Å². The van der Waals surface area contributed by atoms with Gasteiger partial charge in [0.05, 0.1) is 23.8 Å². The van der Waals surface area contributed by atoms with Crippen LogP contribution < -0.4 is 15.4 Å². The second kappa shape index (κ2) is 11.3. The highest BCUT2D eigenvalue weighted by Crippen LogP contribution is 2.33. The number of fused-ring (bicyclic) bond motifs is 1. The number of aromatic nitrogens is 2. The molecular formula is C24H27N5O8. The number of nitrogens with one attached hydrogen (secondary N) is 2. The van der Waals surface area contributed by atoms with E-state index in [1.54, 1.807) is 19.1 Å². The molecule has 0 aliphatic carbocycles. The molecule has 1 saturated heterocycles. The van der Waals surface area contributed by atoms with Gasteiger partial charge in [0.2, 0.25) is 17.7 Å². The summed E-state index contributed by atoms with van der Waals surface area (Å²) >= 11 is 0. The Balaban J connectivity index is 1.30. The van der Waals surface area contributed by atoms with E-state index in [0.29, 0.717) is 24.7 Å². The van der Waals surface area contributed by atoms with Gasteiger partial charge in [0.25, 0.3) is 17.7 Å². The number of ether oxygens (including phenoxy) is 2. The van der Waals surface area contributed by atoms with Crippen LogP contribution in [0.3, 0.4) is 0 Å². The third-order valence-electron chi connectivity index (χ3n) is 5.91. The first-order chi connectivity index (χ1) is 17.8. The molecular weight excluding hydrogens is 486 g/mol. The molecule has 1 fully saturated rings. The summed E-state index contributed by atoms with van der Waals surface area (Å²) in [6.45, 7) is 4.40. The fourth-order valence-corrected chi connectivity index (χ4v) is 4.09. The first kappa shape index (κ1) is 25.9. The average molecular weight is 514 g/mol. The second-order valence-corrected chi connectivity index (χ2v) is 8.55. The minimum Gasteiger partial charge on any atom is -0.493 e. The third-order valence-corrected chi connectivity index (χ3v) is 5.91. The lowest BCUT2D eigenvalue weighted by atomic mass is 10.0. The van der Waals surface area contributed by atoms with Crippen molar-refractivity contribution in [2.45, 2.75) is 58.2 Å². The summed E-state index contributed by atoms with van der Waals surface area (Å²) < 4.78 is 16.0. The molecule has 196 valence electrons. The van der Waals surface area contributed by atoms with Crippen LogP contribution in [0, 0.1) is 0 Å². The molecule has 3 heterocycles. The summed E-state index contributed by atoms with van der Waals surface area (Å²) in [6, 6.07) is 3.09. The Morgan fingerprint density at radius 1 is 1.27 bits per heavy atom. The molecule has 2 aliphatic heterocycles. The van der Waals surface area contributed by atoms with E-state index >= 15 is 0 Å². The van der Waals surface area contributed by atoms with Gasteiger partial charge in [-0.05, 0) is 38.8 Å². The number of nitrogens with zero attached hydrogens (tertiary/aromatic N) is 3. The summed E-state index contributed by atoms with van der Waals surface area (Å²) in [7, 11) is 0. The van der Waals surface area contributed by atoms with Crippen LogP contribution in [-0.4, -0.2) is 63.8 Å². The lowest BCUT2D eigenvalue weighted by Crippen LogP contribution is -2.54. The number of rotatable bonds is 11. The minimum absolute atomic E-state index is 0.0367. The maximum absolute atomic E-state index is 13.1. The number of carbonyl (C=O) groups excluding carboxylic acids is 5. The Labute approximate surface area is 211 Å². The van der Waals surface area contributed by atoms with Gasteiger partial charge < -0.3 is 19.3 Å². The number of piperidine rings is 1. The highest BCUT2D eigenvalue weighted by molar-refractivity contribution is 6.24. The molecule has 2 unspecified atom stereocenters. The highest BCUT2D eigenvalue weighted by atomic mass is 16.5. The zero-order valence-electron chi connectivity index (χ0n) is 20.4.